The van der Waals surface area contributed by atoms with E-state index in [0.29, 0.717) is 21.3 Å². The highest BCUT2D eigenvalue weighted by atomic mass is 79.9. The molecule has 0 saturated carbocycles. The number of carbonyl (C=O) groups excluding carboxylic acids is 1. The largest absolute Gasteiger partial charge is 0.486 e. The van der Waals surface area contributed by atoms with Crippen LogP contribution in [0.3, 0.4) is 0 Å². The Morgan fingerprint density at radius 2 is 1.97 bits per heavy atom. The molecule has 0 heterocycles. The molecular formula is C22H13BrClF2N3O2. The first-order chi connectivity index (χ1) is 14.9. The van der Waals surface area contributed by atoms with Crippen molar-refractivity contribution in [1.29, 1.82) is 5.26 Å². The SMILES string of the molecule is N#Cc1ccc(C(=O)N/N=C\c2cc(Cl)c(OCc3ccccc3F)c(Br)c2)c(F)c1. The predicted octanol–water partition coefficient (Wildman–Crippen LogP) is 5.60. The van der Waals surface area contributed by atoms with Gasteiger partial charge in [-0.05, 0) is 57.9 Å². The first-order valence-electron chi connectivity index (χ1n) is 8.77. The fraction of sp³-hybridized carbons (Fsp3) is 0.0455. The van der Waals surface area contributed by atoms with Crippen molar-refractivity contribution >= 4 is 39.7 Å². The van der Waals surface area contributed by atoms with Gasteiger partial charge in [0.25, 0.3) is 5.91 Å². The van der Waals surface area contributed by atoms with Gasteiger partial charge in [0, 0.05) is 5.56 Å². The van der Waals surface area contributed by atoms with Crippen LogP contribution in [0.5, 0.6) is 5.75 Å². The Kier molecular flexibility index (Phi) is 7.34. The minimum atomic E-state index is -0.825. The highest BCUT2D eigenvalue weighted by Gasteiger charge is 2.13. The van der Waals surface area contributed by atoms with Crippen LogP contribution < -0.4 is 10.2 Å². The van der Waals surface area contributed by atoms with E-state index in [1.807, 2.05) is 0 Å². The average molecular weight is 505 g/mol. The zero-order valence-electron chi connectivity index (χ0n) is 15.7. The van der Waals surface area contributed by atoms with E-state index in [1.165, 1.54) is 24.4 Å². The fourth-order valence-corrected chi connectivity index (χ4v) is 3.54. The number of nitriles is 1. The van der Waals surface area contributed by atoms with Crippen LogP contribution in [-0.4, -0.2) is 12.1 Å². The zero-order chi connectivity index (χ0) is 22.4. The van der Waals surface area contributed by atoms with Gasteiger partial charge in [0.15, 0.2) is 5.75 Å². The lowest BCUT2D eigenvalue weighted by molar-refractivity contribution is 0.0951. The summed E-state index contributed by atoms with van der Waals surface area (Å²) in [5.74, 6) is -1.65. The number of hydrazone groups is 1. The summed E-state index contributed by atoms with van der Waals surface area (Å²) in [4.78, 5) is 12.1. The molecular weight excluding hydrogens is 492 g/mol. The smallest absolute Gasteiger partial charge is 0.274 e. The van der Waals surface area contributed by atoms with Crippen molar-refractivity contribution in [2.75, 3.05) is 0 Å². The minimum Gasteiger partial charge on any atom is -0.486 e. The Hall–Kier alpha value is -3.28. The van der Waals surface area contributed by atoms with Crippen molar-refractivity contribution in [1.82, 2.24) is 5.43 Å². The second-order valence-corrected chi connectivity index (χ2v) is 7.46. The van der Waals surface area contributed by atoms with E-state index in [9.17, 15) is 13.6 Å². The third kappa shape index (κ3) is 5.66. The first-order valence-corrected chi connectivity index (χ1v) is 9.94. The standard InChI is InChI=1S/C22H13BrClF2N3O2/c23-17-7-14(8-18(24)21(17)31-12-15-3-1-2-4-19(15)25)11-28-29-22(30)16-6-5-13(10-27)9-20(16)26/h1-9,11H,12H2,(H,29,30)/b28-11-. The maximum Gasteiger partial charge on any atom is 0.274 e. The Balaban J connectivity index is 1.67. The Labute approximate surface area is 190 Å². The Morgan fingerprint density at radius 3 is 2.65 bits per heavy atom. The number of carbonyl (C=O) groups is 1. The number of nitrogens with zero attached hydrogens (tertiary/aromatic N) is 2. The molecule has 0 unspecified atom stereocenters. The quantitative estimate of drug-likeness (QED) is 0.351. The number of nitrogens with one attached hydrogen (secondary N) is 1. The van der Waals surface area contributed by atoms with Crippen molar-refractivity contribution in [3.05, 3.63) is 98.0 Å². The molecule has 0 saturated heterocycles. The van der Waals surface area contributed by atoms with Gasteiger partial charge in [-0.3, -0.25) is 4.79 Å². The zero-order valence-corrected chi connectivity index (χ0v) is 18.0. The number of hydrogen-bond donors (Lipinski definition) is 1. The lowest BCUT2D eigenvalue weighted by Crippen LogP contribution is -2.19. The number of halogens is 4. The van der Waals surface area contributed by atoms with Crippen molar-refractivity contribution in [3.63, 3.8) is 0 Å². The molecule has 31 heavy (non-hydrogen) atoms. The molecule has 0 aliphatic heterocycles. The van der Waals surface area contributed by atoms with Gasteiger partial charge in [0.05, 0.1) is 32.9 Å². The molecule has 0 atom stereocenters. The number of ether oxygens (including phenoxy) is 1. The van der Waals surface area contributed by atoms with E-state index < -0.39 is 11.7 Å². The first kappa shape index (κ1) is 22.4. The predicted molar refractivity (Wildman–Crippen MR) is 116 cm³/mol. The molecule has 156 valence electrons. The molecule has 0 spiro atoms. The number of benzene rings is 3. The average Bonchev–Trinajstić information content (AvgIpc) is 2.74. The van der Waals surface area contributed by atoms with Gasteiger partial charge >= 0.3 is 0 Å². The topological polar surface area (TPSA) is 74.5 Å². The number of rotatable bonds is 6. The van der Waals surface area contributed by atoms with Gasteiger partial charge in [-0.2, -0.15) is 10.4 Å². The lowest BCUT2D eigenvalue weighted by Gasteiger charge is -2.11. The van der Waals surface area contributed by atoms with E-state index in [4.69, 9.17) is 21.6 Å². The molecule has 3 rings (SSSR count). The molecule has 0 aromatic heterocycles. The van der Waals surface area contributed by atoms with E-state index in [-0.39, 0.29) is 28.6 Å². The van der Waals surface area contributed by atoms with Crippen molar-refractivity contribution in [3.8, 4) is 11.8 Å². The molecule has 0 aliphatic carbocycles. The van der Waals surface area contributed by atoms with E-state index in [2.05, 4.69) is 26.5 Å². The summed E-state index contributed by atoms with van der Waals surface area (Å²) in [6.45, 7) is -0.00928. The maximum absolute atomic E-state index is 13.9. The van der Waals surface area contributed by atoms with Crippen molar-refractivity contribution in [2.24, 2.45) is 5.10 Å². The number of hydrogen-bond acceptors (Lipinski definition) is 4. The van der Waals surface area contributed by atoms with E-state index >= 15 is 0 Å². The minimum absolute atomic E-state index is 0.00928. The van der Waals surface area contributed by atoms with Gasteiger partial charge in [-0.15, -0.1) is 0 Å². The van der Waals surface area contributed by atoms with Crippen LogP contribution >= 0.6 is 27.5 Å². The van der Waals surface area contributed by atoms with Gasteiger partial charge in [-0.25, -0.2) is 14.2 Å². The summed E-state index contributed by atoms with van der Waals surface area (Å²) >= 11 is 9.60. The molecule has 9 heteroatoms. The molecule has 1 amide bonds. The molecule has 3 aromatic carbocycles. The molecule has 1 N–H and O–H groups in total. The van der Waals surface area contributed by atoms with Crippen LogP contribution in [0.1, 0.15) is 27.0 Å². The van der Waals surface area contributed by atoms with Crippen LogP contribution in [0.25, 0.3) is 0 Å². The third-order valence-corrected chi connectivity index (χ3v) is 4.94. The maximum atomic E-state index is 13.9. The van der Waals surface area contributed by atoms with Gasteiger partial charge in [0.1, 0.15) is 18.2 Å². The molecule has 0 fully saturated rings. The highest BCUT2D eigenvalue weighted by molar-refractivity contribution is 9.10. The lowest BCUT2D eigenvalue weighted by atomic mass is 10.1. The van der Waals surface area contributed by atoms with Crippen LogP contribution in [-0.2, 0) is 6.61 Å². The molecule has 0 radical (unpaired) electrons. The van der Waals surface area contributed by atoms with Crippen molar-refractivity contribution in [2.45, 2.75) is 6.61 Å². The van der Waals surface area contributed by atoms with Gasteiger partial charge in [0.2, 0.25) is 0 Å². The van der Waals surface area contributed by atoms with Gasteiger partial charge in [-0.1, -0.05) is 29.8 Å². The second kappa shape index (κ2) is 10.2. The Morgan fingerprint density at radius 1 is 1.19 bits per heavy atom. The van der Waals surface area contributed by atoms with Crippen molar-refractivity contribution < 1.29 is 18.3 Å². The van der Waals surface area contributed by atoms with Crippen LogP contribution in [0.2, 0.25) is 5.02 Å². The number of amides is 1. The molecule has 0 bridgehead atoms. The van der Waals surface area contributed by atoms with E-state index in [0.717, 1.165) is 6.07 Å². The Bertz CT molecular complexity index is 1190. The summed E-state index contributed by atoms with van der Waals surface area (Å²) in [7, 11) is 0. The second-order valence-electron chi connectivity index (χ2n) is 6.20. The monoisotopic (exact) mass is 503 g/mol. The highest BCUT2D eigenvalue weighted by Crippen LogP contribution is 2.34. The normalized spacial score (nSPS) is 10.7. The fourth-order valence-electron chi connectivity index (χ4n) is 2.55. The summed E-state index contributed by atoms with van der Waals surface area (Å²) in [5, 5.41) is 12.8. The molecule has 0 aliphatic rings. The summed E-state index contributed by atoms with van der Waals surface area (Å²) < 4.78 is 33.7. The summed E-state index contributed by atoms with van der Waals surface area (Å²) in [6.07, 6.45) is 1.32. The molecule has 5 nitrogen and oxygen atoms in total. The molecule has 3 aromatic rings. The van der Waals surface area contributed by atoms with Crippen LogP contribution in [0.15, 0.2) is 64.2 Å². The van der Waals surface area contributed by atoms with Gasteiger partial charge < -0.3 is 4.74 Å². The third-order valence-electron chi connectivity index (χ3n) is 4.07. The van der Waals surface area contributed by atoms with E-state index in [1.54, 1.807) is 36.4 Å². The summed E-state index contributed by atoms with van der Waals surface area (Å²) in [5.41, 5.74) is 2.98. The van der Waals surface area contributed by atoms with Crippen LogP contribution in [0.4, 0.5) is 8.78 Å². The van der Waals surface area contributed by atoms with Crippen LogP contribution in [0, 0.1) is 23.0 Å². The summed E-state index contributed by atoms with van der Waals surface area (Å²) in [6, 6.07) is 14.7.